The molecule has 0 aliphatic rings. The quantitative estimate of drug-likeness (QED) is 0.405. The Kier molecular flexibility index (Phi) is 7.49. The van der Waals surface area contributed by atoms with E-state index in [-0.39, 0.29) is 18.8 Å². The van der Waals surface area contributed by atoms with E-state index in [0.717, 1.165) is 15.8 Å². The lowest BCUT2D eigenvalue weighted by molar-refractivity contribution is -0.321. The summed E-state index contributed by atoms with van der Waals surface area (Å²) in [5.74, 6) is -2.06. The van der Waals surface area contributed by atoms with Gasteiger partial charge in [-0.3, -0.25) is 0 Å². The Morgan fingerprint density at radius 2 is 1.86 bits per heavy atom. The molecule has 1 aromatic heterocycles. The van der Waals surface area contributed by atoms with Gasteiger partial charge in [0.25, 0.3) is 0 Å². The highest BCUT2D eigenvalue weighted by molar-refractivity contribution is 7.77. The molecule has 0 saturated heterocycles. The molecule has 0 N–H and O–H groups in total. The average molecular weight is 416 g/mol. The van der Waals surface area contributed by atoms with Gasteiger partial charge < -0.3 is 27.3 Å². The predicted molar refractivity (Wildman–Crippen MR) is 115 cm³/mol. The summed E-state index contributed by atoms with van der Waals surface area (Å²) >= 11 is 6.36. The molecule has 0 bridgehead atoms. The molecule has 1 unspecified atom stereocenters. The first-order valence-electron chi connectivity index (χ1n) is 9.32. The van der Waals surface area contributed by atoms with Crippen molar-refractivity contribution in [3.8, 4) is 0 Å². The van der Waals surface area contributed by atoms with Crippen molar-refractivity contribution in [2.45, 2.75) is 51.4 Å². The molecule has 0 spiro atoms. The van der Waals surface area contributed by atoms with Crippen LogP contribution in [-0.4, -0.2) is 16.1 Å². The van der Waals surface area contributed by atoms with Crippen LogP contribution in [0.3, 0.4) is 0 Å². The number of fused-ring (bicyclic) bond motifs is 1. The Morgan fingerprint density at radius 1 is 1.25 bits per heavy atom. The Hall–Kier alpha value is -2.05. The third-order valence-corrected chi connectivity index (χ3v) is 6.44. The molecule has 0 amide bonds. The number of hydrogen-bond donors (Lipinski definition) is 0. The second kappa shape index (κ2) is 9.43. The maximum atomic E-state index is 12.6. The smallest absolute Gasteiger partial charge is 0.103 e. The number of para-hydroxylation sites is 1. The molecule has 1 heterocycles. The number of thiazole rings is 1. The highest BCUT2D eigenvalue weighted by atomic mass is 32.1. The Balaban J connectivity index is 2.69. The van der Waals surface area contributed by atoms with Crippen LogP contribution < -0.4 is 5.11 Å². The molecule has 0 saturated carbocycles. The van der Waals surface area contributed by atoms with E-state index in [9.17, 15) is 14.7 Å². The minimum absolute atomic E-state index is 0.215. The molecular weight excluding hydrogens is 390 g/mol. The van der Waals surface area contributed by atoms with Crippen LogP contribution in [0.5, 0.6) is 0 Å². The first-order chi connectivity index (χ1) is 13.3. The molecule has 0 radical (unpaired) electrons. The van der Waals surface area contributed by atoms with Gasteiger partial charge in [-0.1, -0.05) is 38.1 Å². The first kappa shape index (κ1) is 22.2. The van der Waals surface area contributed by atoms with Crippen LogP contribution in [0.2, 0.25) is 0 Å². The van der Waals surface area contributed by atoms with Gasteiger partial charge >= 0.3 is 0 Å². The number of rotatable bonds is 11. The summed E-state index contributed by atoms with van der Waals surface area (Å²) in [5, 5.41) is 12.2. The van der Waals surface area contributed by atoms with Crippen molar-refractivity contribution < 1.29 is 14.7 Å². The van der Waals surface area contributed by atoms with Gasteiger partial charge in [-0.05, 0) is 43.2 Å². The zero-order chi connectivity index (χ0) is 20.9. The van der Waals surface area contributed by atoms with Gasteiger partial charge in [0, 0.05) is 16.5 Å². The van der Waals surface area contributed by atoms with E-state index in [1.165, 1.54) is 11.3 Å². The SMILES string of the molecule is C=CCCC(CCC=C)(C(=O)[O-])C(C(=O)[S-])c1nc2c(C(C)C)cccc2s1. The van der Waals surface area contributed by atoms with Gasteiger partial charge in [0.1, 0.15) is 5.01 Å². The van der Waals surface area contributed by atoms with Crippen molar-refractivity contribution in [2.75, 3.05) is 0 Å². The number of carbonyl (C=O) groups is 2. The lowest BCUT2D eigenvalue weighted by Crippen LogP contribution is -2.48. The van der Waals surface area contributed by atoms with Crippen LogP contribution in [0.1, 0.15) is 61.9 Å². The molecule has 150 valence electrons. The third kappa shape index (κ3) is 4.33. The van der Waals surface area contributed by atoms with Crippen molar-refractivity contribution in [2.24, 2.45) is 5.41 Å². The third-order valence-electron chi connectivity index (χ3n) is 5.12. The first-order valence-corrected chi connectivity index (χ1v) is 10.5. The predicted octanol–water partition coefficient (Wildman–Crippen LogP) is 4.25. The number of allylic oxidation sites excluding steroid dienone is 2. The highest BCUT2D eigenvalue weighted by Gasteiger charge is 2.42. The lowest BCUT2D eigenvalue weighted by atomic mass is 9.69. The van der Waals surface area contributed by atoms with E-state index in [1.807, 2.05) is 18.2 Å². The van der Waals surface area contributed by atoms with Gasteiger partial charge in [0.05, 0.1) is 16.1 Å². The van der Waals surface area contributed by atoms with Crippen LogP contribution in [0, 0.1) is 5.41 Å². The number of benzene rings is 1. The summed E-state index contributed by atoms with van der Waals surface area (Å²) < 4.78 is 0.919. The number of carbonyl (C=O) groups excluding carboxylic acids is 2. The Bertz CT molecular complexity index is 873. The van der Waals surface area contributed by atoms with E-state index < -0.39 is 22.4 Å². The Morgan fingerprint density at radius 3 is 2.32 bits per heavy atom. The second-order valence-electron chi connectivity index (χ2n) is 7.25. The molecule has 4 nitrogen and oxygen atoms in total. The topological polar surface area (TPSA) is 70.1 Å². The maximum absolute atomic E-state index is 12.6. The molecule has 1 aromatic carbocycles. The maximum Gasteiger partial charge on any atom is 0.103 e. The van der Waals surface area contributed by atoms with E-state index in [1.54, 1.807) is 12.2 Å². The monoisotopic (exact) mass is 415 g/mol. The van der Waals surface area contributed by atoms with Crippen molar-refractivity contribution in [3.05, 3.63) is 54.1 Å². The number of aliphatic carboxylic acids is 1. The van der Waals surface area contributed by atoms with Gasteiger partial charge in [0.15, 0.2) is 0 Å². The molecule has 1 atom stereocenters. The molecule has 0 fully saturated rings. The fourth-order valence-corrected chi connectivity index (χ4v) is 5.23. The van der Waals surface area contributed by atoms with Crippen molar-refractivity contribution in [1.29, 1.82) is 0 Å². The van der Waals surface area contributed by atoms with E-state index in [4.69, 9.17) is 17.6 Å². The van der Waals surface area contributed by atoms with Crippen LogP contribution >= 0.6 is 11.3 Å². The molecule has 0 aliphatic heterocycles. The van der Waals surface area contributed by atoms with Crippen LogP contribution in [0.4, 0.5) is 0 Å². The minimum atomic E-state index is -1.44. The summed E-state index contributed by atoms with van der Waals surface area (Å²) in [6, 6.07) is 5.88. The number of carboxylic acids is 1. The summed E-state index contributed by atoms with van der Waals surface area (Å²) in [5.41, 5.74) is 0.429. The van der Waals surface area contributed by atoms with Crippen molar-refractivity contribution >= 4 is 45.3 Å². The summed E-state index contributed by atoms with van der Waals surface area (Å²) in [7, 11) is 0. The van der Waals surface area contributed by atoms with Crippen LogP contribution in [0.15, 0.2) is 43.5 Å². The second-order valence-corrected chi connectivity index (χ2v) is 8.72. The minimum Gasteiger partial charge on any atom is -0.741 e. The van der Waals surface area contributed by atoms with Gasteiger partial charge in [0.2, 0.25) is 0 Å². The van der Waals surface area contributed by atoms with Crippen molar-refractivity contribution in [1.82, 2.24) is 4.98 Å². The van der Waals surface area contributed by atoms with Crippen LogP contribution in [-0.2, 0) is 22.2 Å². The molecule has 0 aliphatic carbocycles. The lowest BCUT2D eigenvalue weighted by Gasteiger charge is -2.42. The molecule has 2 aromatic rings. The van der Waals surface area contributed by atoms with Gasteiger partial charge in [-0.2, -0.15) is 0 Å². The summed E-state index contributed by atoms with van der Waals surface area (Å²) in [6.07, 6.45) is 4.59. The highest BCUT2D eigenvalue weighted by Crippen LogP contribution is 2.46. The van der Waals surface area contributed by atoms with Gasteiger partial charge in [-0.15, -0.1) is 24.5 Å². The number of nitrogens with zero attached hydrogens (tertiary/aromatic N) is 1. The molecule has 6 heteroatoms. The van der Waals surface area contributed by atoms with Crippen LogP contribution in [0.25, 0.3) is 10.2 Å². The molecule has 2 rings (SSSR count). The van der Waals surface area contributed by atoms with Gasteiger partial charge in [-0.25, -0.2) is 4.98 Å². The normalized spacial score (nSPS) is 12.8. The van der Waals surface area contributed by atoms with E-state index in [0.29, 0.717) is 17.8 Å². The number of carboxylic acid groups (broad SMARTS) is 1. The van der Waals surface area contributed by atoms with E-state index in [2.05, 4.69) is 27.0 Å². The summed E-state index contributed by atoms with van der Waals surface area (Å²) in [4.78, 5) is 29.6. The zero-order valence-corrected chi connectivity index (χ0v) is 17.9. The largest absolute Gasteiger partial charge is 0.741 e. The standard InChI is InChI=1S/C22H27NO3S2/c1-5-7-12-22(21(25)26,13-8-6-2)17(20(24)27)19-23-18-15(14(3)4)10-9-11-16(18)28-19/h5-6,9-11,14,17H,1-2,7-8,12-13H2,3-4H3,(H,24,27)(H,25,26)/p-2. The van der Waals surface area contributed by atoms with Crippen molar-refractivity contribution in [3.63, 3.8) is 0 Å². The summed E-state index contributed by atoms with van der Waals surface area (Å²) in [6.45, 7) is 11.5. The number of hydrogen-bond acceptors (Lipinski definition) is 6. The molecule has 28 heavy (non-hydrogen) atoms. The zero-order valence-electron chi connectivity index (χ0n) is 16.3. The molecular formula is C22H25NO3S2-2. The Labute approximate surface area is 175 Å². The number of aromatic nitrogens is 1. The fourth-order valence-electron chi connectivity index (χ4n) is 3.59. The van der Waals surface area contributed by atoms with E-state index >= 15 is 0 Å². The average Bonchev–Trinajstić information content (AvgIpc) is 3.06. The fraction of sp³-hybridized carbons (Fsp3) is 0.409.